The summed E-state index contributed by atoms with van der Waals surface area (Å²) in [6.45, 7) is 0.105. The molecule has 0 saturated carbocycles. The Kier molecular flexibility index (Phi) is 5.53. The zero-order valence-corrected chi connectivity index (χ0v) is 12.1. The number of anilines is 1. The van der Waals surface area contributed by atoms with Gasteiger partial charge in [0, 0.05) is 6.07 Å². The van der Waals surface area contributed by atoms with E-state index < -0.39 is 17.7 Å². The van der Waals surface area contributed by atoms with Crippen molar-refractivity contribution in [3.8, 4) is 11.8 Å². The number of carbonyl (C=O) groups is 1. The van der Waals surface area contributed by atoms with E-state index in [-0.39, 0.29) is 24.4 Å². The highest BCUT2D eigenvalue weighted by atomic mass is 19.1. The van der Waals surface area contributed by atoms with Crippen molar-refractivity contribution in [2.75, 3.05) is 12.3 Å². The van der Waals surface area contributed by atoms with Gasteiger partial charge >= 0.3 is 6.09 Å². The average Bonchev–Trinajstić information content (AvgIpc) is 2.54. The van der Waals surface area contributed by atoms with E-state index in [4.69, 9.17) is 10.5 Å². The molecule has 2 rings (SSSR count). The molecule has 118 valence electrons. The Morgan fingerprint density at radius 3 is 2.70 bits per heavy atom. The summed E-state index contributed by atoms with van der Waals surface area (Å²) in [4.78, 5) is 11.5. The topological polar surface area (TPSA) is 64.3 Å². The van der Waals surface area contributed by atoms with Gasteiger partial charge in [-0.15, -0.1) is 0 Å². The fourth-order valence-electron chi connectivity index (χ4n) is 1.72. The third-order valence-corrected chi connectivity index (χ3v) is 2.85. The lowest BCUT2D eigenvalue weighted by atomic mass is 10.1. The van der Waals surface area contributed by atoms with Gasteiger partial charge < -0.3 is 15.8 Å². The highest BCUT2D eigenvalue weighted by Crippen LogP contribution is 2.16. The van der Waals surface area contributed by atoms with E-state index in [1.807, 2.05) is 30.3 Å². The number of ether oxygens (including phenoxy) is 1. The van der Waals surface area contributed by atoms with Gasteiger partial charge in [-0.3, -0.25) is 0 Å². The summed E-state index contributed by atoms with van der Waals surface area (Å²) in [6.07, 6.45) is -0.637. The number of benzene rings is 2. The Balaban J connectivity index is 1.82. The summed E-state index contributed by atoms with van der Waals surface area (Å²) in [5.41, 5.74) is 6.11. The molecule has 0 saturated heterocycles. The molecule has 0 aliphatic heterocycles. The Labute approximate surface area is 132 Å². The molecule has 6 heteroatoms. The predicted octanol–water partition coefficient (Wildman–Crippen LogP) is 2.82. The first kappa shape index (κ1) is 16.3. The van der Waals surface area contributed by atoms with Crippen molar-refractivity contribution in [3.05, 3.63) is 65.2 Å². The first-order valence-electron chi connectivity index (χ1n) is 6.74. The molecule has 3 N–H and O–H groups in total. The molecule has 0 bridgehead atoms. The first-order chi connectivity index (χ1) is 11.1. The van der Waals surface area contributed by atoms with E-state index in [2.05, 4.69) is 17.2 Å². The Morgan fingerprint density at radius 1 is 1.22 bits per heavy atom. The van der Waals surface area contributed by atoms with Crippen LogP contribution in [0.2, 0.25) is 0 Å². The standard InChI is InChI=1S/C17H14F2N2O2/c18-14-9-13(16(20)15(19)10-14)7-4-8-21-17(22)23-11-12-5-2-1-3-6-12/h1-3,5-6,9-10H,8,11,20H2,(H,21,22). The normalized spacial score (nSPS) is 9.65. The number of nitrogen functional groups attached to an aromatic ring is 1. The van der Waals surface area contributed by atoms with Crippen LogP contribution in [0.3, 0.4) is 0 Å². The van der Waals surface area contributed by atoms with Crippen LogP contribution in [-0.4, -0.2) is 12.6 Å². The largest absolute Gasteiger partial charge is 0.445 e. The minimum Gasteiger partial charge on any atom is -0.445 e. The second-order valence-corrected chi connectivity index (χ2v) is 4.57. The fourth-order valence-corrected chi connectivity index (χ4v) is 1.72. The van der Waals surface area contributed by atoms with Crippen LogP contribution in [0.15, 0.2) is 42.5 Å². The summed E-state index contributed by atoms with van der Waals surface area (Å²) in [5, 5.41) is 2.41. The minimum atomic E-state index is -0.871. The summed E-state index contributed by atoms with van der Waals surface area (Å²) in [6, 6.07) is 10.9. The van der Waals surface area contributed by atoms with E-state index in [1.54, 1.807) is 0 Å². The molecule has 0 spiro atoms. The molecule has 23 heavy (non-hydrogen) atoms. The second-order valence-electron chi connectivity index (χ2n) is 4.57. The molecule has 0 atom stereocenters. The van der Waals surface area contributed by atoms with Crippen LogP contribution in [0.4, 0.5) is 19.3 Å². The molecule has 0 fully saturated rings. The highest BCUT2D eigenvalue weighted by Gasteiger charge is 2.06. The maximum atomic E-state index is 13.2. The van der Waals surface area contributed by atoms with E-state index in [0.29, 0.717) is 6.07 Å². The molecular weight excluding hydrogens is 302 g/mol. The Morgan fingerprint density at radius 2 is 1.96 bits per heavy atom. The van der Waals surface area contributed by atoms with Crippen molar-refractivity contribution in [1.29, 1.82) is 0 Å². The highest BCUT2D eigenvalue weighted by molar-refractivity contribution is 5.67. The van der Waals surface area contributed by atoms with Gasteiger partial charge in [-0.25, -0.2) is 13.6 Å². The van der Waals surface area contributed by atoms with Crippen LogP contribution in [0.1, 0.15) is 11.1 Å². The molecule has 0 aliphatic rings. The van der Waals surface area contributed by atoms with Gasteiger partial charge in [-0.1, -0.05) is 42.2 Å². The smallest absolute Gasteiger partial charge is 0.408 e. The Bertz CT molecular complexity index is 752. The number of hydrogen-bond acceptors (Lipinski definition) is 3. The number of nitrogens with two attached hydrogens (primary N) is 1. The lowest BCUT2D eigenvalue weighted by Crippen LogP contribution is -2.24. The van der Waals surface area contributed by atoms with Gasteiger partial charge in [-0.2, -0.15) is 0 Å². The second kappa shape index (κ2) is 7.80. The monoisotopic (exact) mass is 316 g/mol. The number of nitrogens with one attached hydrogen (secondary N) is 1. The van der Waals surface area contributed by atoms with Crippen molar-refractivity contribution >= 4 is 11.8 Å². The molecule has 2 aromatic rings. The molecule has 4 nitrogen and oxygen atoms in total. The van der Waals surface area contributed by atoms with Crippen LogP contribution in [0.5, 0.6) is 0 Å². The lowest BCUT2D eigenvalue weighted by molar-refractivity contribution is 0.141. The van der Waals surface area contributed by atoms with E-state index >= 15 is 0 Å². The Hall–Kier alpha value is -3.07. The van der Waals surface area contributed by atoms with Crippen LogP contribution in [0.25, 0.3) is 0 Å². The number of carbonyl (C=O) groups excluding carboxylic acids is 1. The SMILES string of the molecule is Nc1c(F)cc(F)cc1C#CCNC(=O)OCc1ccccc1. The van der Waals surface area contributed by atoms with Crippen molar-refractivity contribution in [1.82, 2.24) is 5.32 Å². The first-order valence-corrected chi connectivity index (χ1v) is 6.74. The minimum absolute atomic E-state index is 0.0296. The summed E-state index contributed by atoms with van der Waals surface area (Å²) in [5.74, 6) is 3.41. The number of rotatable bonds is 3. The van der Waals surface area contributed by atoms with Gasteiger partial charge in [0.25, 0.3) is 0 Å². The van der Waals surface area contributed by atoms with E-state index in [1.165, 1.54) is 0 Å². The third kappa shape index (κ3) is 5.00. The zero-order valence-electron chi connectivity index (χ0n) is 12.1. The fraction of sp³-hybridized carbons (Fsp3) is 0.118. The molecule has 2 aromatic carbocycles. The van der Waals surface area contributed by atoms with Gasteiger partial charge in [0.1, 0.15) is 18.2 Å². The van der Waals surface area contributed by atoms with E-state index in [9.17, 15) is 13.6 Å². The summed E-state index contributed by atoms with van der Waals surface area (Å²) >= 11 is 0. The number of amides is 1. The quantitative estimate of drug-likeness (QED) is 0.676. The molecular formula is C17H14F2N2O2. The van der Waals surface area contributed by atoms with Crippen LogP contribution in [-0.2, 0) is 11.3 Å². The maximum Gasteiger partial charge on any atom is 0.408 e. The predicted molar refractivity (Wildman–Crippen MR) is 82.3 cm³/mol. The lowest BCUT2D eigenvalue weighted by Gasteiger charge is -2.04. The number of halogens is 2. The molecule has 1 amide bonds. The van der Waals surface area contributed by atoms with Gasteiger partial charge in [0.15, 0.2) is 0 Å². The van der Waals surface area contributed by atoms with Crippen molar-refractivity contribution in [3.63, 3.8) is 0 Å². The average molecular weight is 316 g/mol. The van der Waals surface area contributed by atoms with Crippen LogP contribution < -0.4 is 11.1 Å². The molecule has 0 aliphatic carbocycles. The van der Waals surface area contributed by atoms with Crippen LogP contribution in [0, 0.1) is 23.5 Å². The van der Waals surface area contributed by atoms with Gasteiger partial charge in [-0.05, 0) is 11.6 Å². The maximum absolute atomic E-state index is 13.2. The van der Waals surface area contributed by atoms with Crippen molar-refractivity contribution < 1.29 is 18.3 Å². The van der Waals surface area contributed by atoms with E-state index in [0.717, 1.165) is 11.6 Å². The molecule has 0 unspecified atom stereocenters. The third-order valence-electron chi connectivity index (χ3n) is 2.85. The van der Waals surface area contributed by atoms with Crippen molar-refractivity contribution in [2.24, 2.45) is 0 Å². The summed E-state index contributed by atoms with van der Waals surface area (Å²) in [7, 11) is 0. The molecule has 0 heterocycles. The number of alkyl carbamates (subject to hydrolysis) is 1. The molecule has 0 aromatic heterocycles. The number of hydrogen-bond donors (Lipinski definition) is 2. The van der Waals surface area contributed by atoms with Crippen LogP contribution >= 0.6 is 0 Å². The summed E-state index contributed by atoms with van der Waals surface area (Å²) < 4.78 is 31.3. The van der Waals surface area contributed by atoms with Crippen molar-refractivity contribution in [2.45, 2.75) is 6.61 Å². The molecule has 0 radical (unpaired) electrons. The zero-order chi connectivity index (χ0) is 16.7. The van der Waals surface area contributed by atoms with Gasteiger partial charge in [0.2, 0.25) is 0 Å². The van der Waals surface area contributed by atoms with Gasteiger partial charge in [0.05, 0.1) is 17.8 Å².